The third-order valence-electron chi connectivity index (χ3n) is 5.23. The monoisotopic (exact) mass is 537 g/mol. The Hall–Kier alpha value is -3.40. The number of carbonyl (C=O) groups excluding carboxylic acids is 2. The topological polar surface area (TPSA) is 91.7 Å². The van der Waals surface area contributed by atoms with Gasteiger partial charge in [0.1, 0.15) is 29.3 Å². The van der Waals surface area contributed by atoms with Crippen molar-refractivity contribution in [3.8, 4) is 5.75 Å². The number of rotatable bonds is 9. The van der Waals surface area contributed by atoms with Crippen molar-refractivity contribution in [1.82, 2.24) is 14.9 Å². The number of alkyl halides is 2. The number of fused-ring (bicyclic) bond motifs is 1. The van der Waals surface area contributed by atoms with Crippen LogP contribution in [0.2, 0.25) is 5.02 Å². The minimum Gasteiger partial charge on any atom is -0.487 e. The summed E-state index contributed by atoms with van der Waals surface area (Å²) in [5.74, 6) is -0.0712. The second-order valence-electron chi connectivity index (χ2n) is 9.30. The highest BCUT2D eigenvalue weighted by atomic mass is 35.5. The maximum absolute atomic E-state index is 12.8. The first-order valence-electron chi connectivity index (χ1n) is 11.7. The third kappa shape index (κ3) is 7.55. The first-order valence-corrected chi connectivity index (χ1v) is 12.1. The second kappa shape index (κ2) is 11.8. The molecule has 0 bridgehead atoms. The van der Waals surface area contributed by atoms with Gasteiger partial charge in [-0.15, -0.1) is 0 Å². The van der Waals surface area contributed by atoms with Crippen molar-refractivity contribution in [1.29, 1.82) is 0 Å². The van der Waals surface area contributed by atoms with E-state index in [1.807, 2.05) is 6.07 Å². The lowest BCUT2D eigenvalue weighted by atomic mass is 10.1. The van der Waals surface area contributed by atoms with E-state index in [0.29, 0.717) is 28.3 Å². The molecule has 0 aliphatic heterocycles. The van der Waals surface area contributed by atoms with Crippen molar-refractivity contribution in [2.24, 2.45) is 7.05 Å². The fourth-order valence-corrected chi connectivity index (χ4v) is 3.78. The van der Waals surface area contributed by atoms with E-state index in [-0.39, 0.29) is 24.5 Å². The van der Waals surface area contributed by atoms with Crippen LogP contribution in [-0.4, -0.2) is 46.9 Å². The number of amides is 1. The summed E-state index contributed by atoms with van der Waals surface area (Å²) in [4.78, 5) is 29.0. The van der Waals surface area contributed by atoms with Gasteiger partial charge in [0.05, 0.1) is 17.6 Å². The Morgan fingerprint density at radius 2 is 1.92 bits per heavy atom. The van der Waals surface area contributed by atoms with Gasteiger partial charge in [-0.2, -0.15) is 0 Å². The molecule has 0 radical (unpaired) electrons. The normalized spacial score (nSPS) is 11.6. The molecule has 0 saturated carbocycles. The van der Waals surface area contributed by atoms with Crippen LogP contribution in [0.15, 0.2) is 30.3 Å². The van der Waals surface area contributed by atoms with Crippen LogP contribution in [0.5, 0.6) is 5.75 Å². The molecule has 1 amide bonds. The van der Waals surface area contributed by atoms with Gasteiger partial charge < -0.3 is 24.1 Å². The van der Waals surface area contributed by atoms with E-state index in [4.69, 9.17) is 25.8 Å². The molecule has 0 spiro atoms. The Balaban J connectivity index is 1.88. The molecular weight excluding hydrogens is 508 g/mol. The number of benzene rings is 2. The smallest absolute Gasteiger partial charge is 0.407 e. The lowest BCUT2D eigenvalue weighted by Gasteiger charge is -2.19. The number of hydrogen-bond acceptors (Lipinski definition) is 6. The summed E-state index contributed by atoms with van der Waals surface area (Å²) in [5, 5.41) is 3.23. The number of halogens is 3. The lowest BCUT2D eigenvalue weighted by molar-refractivity contribution is 0.0504. The van der Waals surface area contributed by atoms with Crippen LogP contribution in [0.3, 0.4) is 0 Å². The molecule has 1 aromatic heterocycles. The zero-order chi connectivity index (χ0) is 27.3. The van der Waals surface area contributed by atoms with E-state index < -0.39 is 30.7 Å². The number of nitrogens with one attached hydrogen (secondary N) is 1. The Morgan fingerprint density at radius 1 is 1.19 bits per heavy atom. The molecule has 0 saturated heterocycles. The Morgan fingerprint density at radius 3 is 2.57 bits per heavy atom. The summed E-state index contributed by atoms with van der Waals surface area (Å²) >= 11 is 6.44. The molecule has 3 rings (SSSR count). The molecule has 0 aliphatic carbocycles. The SMILES string of the molecule is CCOC(=O)c1cc2nc(Cc3cc(CNC(=O)OC(C)(C)C)ccc3Cl)n(C)c2cc1OCC(F)F. The zero-order valence-corrected chi connectivity index (χ0v) is 22.1. The van der Waals surface area contributed by atoms with Gasteiger partial charge in [0.2, 0.25) is 0 Å². The zero-order valence-electron chi connectivity index (χ0n) is 21.4. The summed E-state index contributed by atoms with van der Waals surface area (Å²) < 4.78 is 42.9. The van der Waals surface area contributed by atoms with Gasteiger partial charge in [-0.3, -0.25) is 0 Å². The molecule has 200 valence electrons. The highest BCUT2D eigenvalue weighted by molar-refractivity contribution is 6.31. The molecule has 0 aliphatic rings. The summed E-state index contributed by atoms with van der Waals surface area (Å²) in [6.45, 7) is 6.51. The molecule has 0 atom stereocenters. The number of aromatic nitrogens is 2. The molecule has 11 heteroatoms. The lowest BCUT2D eigenvalue weighted by Crippen LogP contribution is -2.32. The van der Waals surface area contributed by atoms with Gasteiger partial charge in [0.15, 0.2) is 0 Å². The van der Waals surface area contributed by atoms with Crippen LogP contribution in [0.4, 0.5) is 13.6 Å². The van der Waals surface area contributed by atoms with E-state index >= 15 is 0 Å². The Labute approximate surface area is 218 Å². The third-order valence-corrected chi connectivity index (χ3v) is 5.60. The van der Waals surface area contributed by atoms with Crippen molar-refractivity contribution in [3.63, 3.8) is 0 Å². The van der Waals surface area contributed by atoms with Gasteiger partial charge in [-0.05, 0) is 51.0 Å². The highest BCUT2D eigenvalue weighted by Gasteiger charge is 2.21. The molecule has 1 heterocycles. The fourth-order valence-electron chi connectivity index (χ4n) is 3.60. The van der Waals surface area contributed by atoms with E-state index in [9.17, 15) is 18.4 Å². The molecule has 1 N–H and O–H groups in total. The van der Waals surface area contributed by atoms with Crippen LogP contribution < -0.4 is 10.1 Å². The average molecular weight is 538 g/mol. The molecule has 37 heavy (non-hydrogen) atoms. The first-order chi connectivity index (χ1) is 17.4. The van der Waals surface area contributed by atoms with E-state index in [2.05, 4.69) is 10.3 Å². The fraction of sp³-hybridized carbons (Fsp3) is 0.423. The van der Waals surface area contributed by atoms with Crippen molar-refractivity contribution in [2.45, 2.75) is 52.7 Å². The maximum Gasteiger partial charge on any atom is 0.407 e. The number of nitrogens with zero attached hydrogens (tertiary/aromatic N) is 2. The summed E-state index contributed by atoms with van der Waals surface area (Å²) in [5.41, 5.74) is 2.06. The van der Waals surface area contributed by atoms with Crippen molar-refractivity contribution in [2.75, 3.05) is 13.2 Å². The van der Waals surface area contributed by atoms with Crippen LogP contribution in [0.25, 0.3) is 11.0 Å². The van der Waals surface area contributed by atoms with Crippen molar-refractivity contribution in [3.05, 3.63) is 57.9 Å². The van der Waals surface area contributed by atoms with E-state index in [0.717, 1.165) is 11.1 Å². The van der Waals surface area contributed by atoms with Crippen LogP contribution in [-0.2, 0) is 29.5 Å². The standard InChI is InChI=1S/C26H30ClF2N3O5/c1-6-35-24(33)17-11-19-20(12-21(17)36-14-22(28)29)32(5)23(31-19)10-16-9-15(7-8-18(16)27)13-30-25(34)37-26(2,3)4/h7-9,11-12,22H,6,10,13-14H2,1-5H3,(H,30,34). The quantitative estimate of drug-likeness (QED) is 0.354. The Kier molecular flexibility index (Phi) is 8.96. The molecule has 8 nitrogen and oxygen atoms in total. The number of aryl methyl sites for hydroxylation is 1. The largest absolute Gasteiger partial charge is 0.487 e. The molecule has 2 aromatic carbocycles. The van der Waals surface area contributed by atoms with Gasteiger partial charge in [-0.1, -0.05) is 23.7 Å². The van der Waals surface area contributed by atoms with E-state index in [1.165, 1.54) is 12.1 Å². The van der Waals surface area contributed by atoms with Crippen LogP contribution in [0, 0.1) is 0 Å². The minimum absolute atomic E-state index is 0.00551. The number of alkyl carbamates (subject to hydrolysis) is 1. The Bertz CT molecular complexity index is 1290. The van der Waals surface area contributed by atoms with Gasteiger partial charge in [-0.25, -0.2) is 23.4 Å². The second-order valence-corrected chi connectivity index (χ2v) is 9.71. The van der Waals surface area contributed by atoms with Crippen LogP contribution in [0.1, 0.15) is 55.0 Å². The van der Waals surface area contributed by atoms with Crippen molar-refractivity contribution >= 4 is 34.7 Å². The minimum atomic E-state index is -2.70. The first kappa shape index (κ1) is 28.2. The summed E-state index contributed by atoms with van der Waals surface area (Å²) in [7, 11) is 1.77. The maximum atomic E-state index is 12.8. The van der Waals surface area contributed by atoms with Gasteiger partial charge >= 0.3 is 12.1 Å². The average Bonchev–Trinajstić information content (AvgIpc) is 3.10. The van der Waals surface area contributed by atoms with Crippen LogP contribution >= 0.6 is 11.6 Å². The summed E-state index contributed by atoms with van der Waals surface area (Å²) in [6.07, 6.45) is -2.89. The number of carbonyl (C=O) groups is 2. The van der Waals surface area contributed by atoms with Crippen molar-refractivity contribution < 1.29 is 32.6 Å². The molecular formula is C26H30ClF2N3O5. The van der Waals surface area contributed by atoms with E-state index in [1.54, 1.807) is 51.4 Å². The number of imidazole rings is 1. The molecule has 0 fully saturated rings. The number of hydrogen-bond donors (Lipinski definition) is 1. The van der Waals surface area contributed by atoms with Gasteiger partial charge in [0.25, 0.3) is 6.43 Å². The number of ether oxygens (including phenoxy) is 3. The number of esters is 1. The predicted octanol–water partition coefficient (Wildman–Crippen LogP) is 5.66. The molecule has 0 unspecified atom stereocenters. The summed E-state index contributed by atoms with van der Waals surface area (Å²) in [6, 6.07) is 8.38. The molecule has 3 aromatic rings. The van der Waals surface area contributed by atoms with Gasteiger partial charge in [0, 0.05) is 31.1 Å². The highest BCUT2D eigenvalue weighted by Crippen LogP contribution is 2.29. The predicted molar refractivity (Wildman–Crippen MR) is 136 cm³/mol.